The van der Waals surface area contributed by atoms with Gasteiger partial charge in [0.25, 0.3) is 0 Å². The van der Waals surface area contributed by atoms with E-state index in [9.17, 15) is 0 Å². The molecule has 0 aromatic carbocycles. The van der Waals surface area contributed by atoms with Crippen molar-refractivity contribution in [2.24, 2.45) is 10.3 Å². The molecule has 3 heteroatoms. The van der Waals surface area contributed by atoms with Gasteiger partial charge in [0.2, 0.25) is 0 Å². The predicted octanol–water partition coefficient (Wildman–Crippen LogP) is 2.49. The molecule has 0 aliphatic heterocycles. The van der Waals surface area contributed by atoms with Crippen molar-refractivity contribution in [3.8, 4) is 0 Å². The quantitative estimate of drug-likeness (QED) is 0.447. The Balaban J connectivity index is 3.97. The van der Waals surface area contributed by atoms with E-state index in [1.807, 2.05) is 25.9 Å². The maximum Gasteiger partial charge on any atom is 0.0673 e. The lowest BCUT2D eigenvalue weighted by atomic mass is 10.1. The highest BCUT2D eigenvalue weighted by Crippen LogP contribution is 2.10. The van der Waals surface area contributed by atoms with Crippen LogP contribution in [-0.2, 0) is 0 Å². The summed E-state index contributed by atoms with van der Waals surface area (Å²) in [4.78, 5) is 0. The van der Waals surface area contributed by atoms with Crippen molar-refractivity contribution in [2.75, 3.05) is 7.05 Å². The second kappa shape index (κ2) is 3.69. The molecule has 0 aromatic rings. The summed E-state index contributed by atoms with van der Waals surface area (Å²) in [5.41, 5.74) is 0.0678. The van der Waals surface area contributed by atoms with Gasteiger partial charge in [-0.05, 0) is 34.6 Å². The highest BCUT2D eigenvalue weighted by molar-refractivity contribution is 4.68. The Hall–Kier alpha value is -0.600. The lowest BCUT2D eigenvalue weighted by Crippen LogP contribution is -2.33. The minimum atomic E-state index is 0.0678. The Bertz CT molecular complexity index is 133. The van der Waals surface area contributed by atoms with E-state index in [1.165, 1.54) is 0 Å². The number of nitrogens with zero attached hydrogens (tertiary/aromatic N) is 3. The summed E-state index contributed by atoms with van der Waals surface area (Å²) in [6.45, 7) is 10.3. The summed E-state index contributed by atoms with van der Waals surface area (Å²) in [6.07, 6.45) is 0. The zero-order valence-electron chi connectivity index (χ0n) is 8.42. The maximum atomic E-state index is 4.05. The third kappa shape index (κ3) is 4.76. The third-order valence-corrected chi connectivity index (χ3v) is 1.39. The van der Waals surface area contributed by atoms with Gasteiger partial charge in [-0.3, -0.25) is 5.01 Å². The molecule has 0 atom stereocenters. The summed E-state index contributed by atoms with van der Waals surface area (Å²) < 4.78 is 0. The van der Waals surface area contributed by atoms with Gasteiger partial charge in [0, 0.05) is 7.05 Å². The molecular weight excluding hydrogens is 138 g/mol. The highest BCUT2D eigenvalue weighted by Gasteiger charge is 2.14. The van der Waals surface area contributed by atoms with E-state index in [0.717, 1.165) is 0 Å². The van der Waals surface area contributed by atoms with Crippen LogP contribution in [-0.4, -0.2) is 23.6 Å². The van der Waals surface area contributed by atoms with E-state index in [-0.39, 0.29) is 11.6 Å². The molecule has 0 spiro atoms. The van der Waals surface area contributed by atoms with E-state index in [2.05, 4.69) is 31.1 Å². The molecule has 0 aromatic heterocycles. The van der Waals surface area contributed by atoms with Crippen molar-refractivity contribution in [3.63, 3.8) is 0 Å². The first kappa shape index (κ1) is 10.4. The minimum Gasteiger partial charge on any atom is -0.277 e. The Labute approximate surface area is 69.5 Å². The fraction of sp³-hybridized carbons (Fsp3) is 1.00. The first-order valence-electron chi connectivity index (χ1n) is 3.98. The van der Waals surface area contributed by atoms with Crippen LogP contribution >= 0.6 is 0 Å². The van der Waals surface area contributed by atoms with Gasteiger partial charge < -0.3 is 0 Å². The van der Waals surface area contributed by atoms with E-state index in [4.69, 9.17) is 0 Å². The Kier molecular flexibility index (Phi) is 3.49. The van der Waals surface area contributed by atoms with Gasteiger partial charge in [-0.15, -0.1) is 0 Å². The van der Waals surface area contributed by atoms with Crippen molar-refractivity contribution in [1.29, 1.82) is 0 Å². The Morgan fingerprint density at radius 1 is 1.18 bits per heavy atom. The number of rotatable bonds is 2. The van der Waals surface area contributed by atoms with E-state index in [0.29, 0.717) is 0 Å². The van der Waals surface area contributed by atoms with Gasteiger partial charge in [-0.25, -0.2) is 0 Å². The Morgan fingerprint density at radius 2 is 1.64 bits per heavy atom. The molecule has 0 heterocycles. The molecule has 0 rings (SSSR count). The van der Waals surface area contributed by atoms with Crippen LogP contribution in [0.15, 0.2) is 10.3 Å². The van der Waals surface area contributed by atoms with Gasteiger partial charge >= 0.3 is 0 Å². The van der Waals surface area contributed by atoms with Crippen LogP contribution < -0.4 is 0 Å². The second-order valence-corrected chi connectivity index (χ2v) is 3.99. The first-order chi connectivity index (χ1) is 4.84. The van der Waals surface area contributed by atoms with Crippen LogP contribution in [0.5, 0.6) is 0 Å². The molecule has 0 saturated carbocycles. The average Bonchev–Trinajstić information content (AvgIpc) is 1.80. The van der Waals surface area contributed by atoms with Crippen molar-refractivity contribution >= 4 is 0 Å². The minimum absolute atomic E-state index is 0.0678. The maximum absolute atomic E-state index is 4.05. The number of hydrogen-bond donors (Lipinski definition) is 0. The fourth-order valence-corrected chi connectivity index (χ4v) is 0.315. The molecule has 0 unspecified atom stereocenters. The lowest BCUT2D eigenvalue weighted by Gasteiger charge is -2.27. The summed E-state index contributed by atoms with van der Waals surface area (Å²) in [5.74, 6) is 0. The zero-order valence-corrected chi connectivity index (χ0v) is 8.42. The van der Waals surface area contributed by atoms with Gasteiger partial charge in [-0.2, -0.15) is 5.11 Å². The standard InChI is InChI=1S/C8H19N3/c1-7(2)9-10-11(6)8(3,4)5/h7H,1-6H3/b10-9-. The fourth-order valence-electron chi connectivity index (χ4n) is 0.315. The van der Waals surface area contributed by atoms with Crippen molar-refractivity contribution < 1.29 is 0 Å². The molecule has 0 fully saturated rings. The van der Waals surface area contributed by atoms with Crippen LogP contribution in [0.4, 0.5) is 0 Å². The van der Waals surface area contributed by atoms with E-state index in [1.54, 1.807) is 0 Å². The largest absolute Gasteiger partial charge is 0.277 e. The Morgan fingerprint density at radius 3 is 1.91 bits per heavy atom. The van der Waals surface area contributed by atoms with Gasteiger partial charge in [0.15, 0.2) is 0 Å². The van der Waals surface area contributed by atoms with Gasteiger partial charge in [-0.1, -0.05) is 5.22 Å². The second-order valence-electron chi connectivity index (χ2n) is 3.99. The molecule has 11 heavy (non-hydrogen) atoms. The van der Waals surface area contributed by atoms with Crippen LogP contribution in [0.25, 0.3) is 0 Å². The van der Waals surface area contributed by atoms with E-state index < -0.39 is 0 Å². The lowest BCUT2D eigenvalue weighted by molar-refractivity contribution is 0.166. The molecule has 0 aliphatic rings. The zero-order chi connectivity index (χ0) is 9.07. The van der Waals surface area contributed by atoms with Crippen molar-refractivity contribution in [3.05, 3.63) is 0 Å². The molecule has 0 radical (unpaired) electrons. The molecular formula is C8H19N3. The average molecular weight is 157 g/mol. The van der Waals surface area contributed by atoms with Crippen LogP contribution in [0.3, 0.4) is 0 Å². The van der Waals surface area contributed by atoms with Gasteiger partial charge in [0.05, 0.1) is 11.6 Å². The molecule has 66 valence electrons. The monoisotopic (exact) mass is 157 g/mol. The summed E-state index contributed by atoms with van der Waals surface area (Å²) >= 11 is 0. The number of hydrogen-bond acceptors (Lipinski definition) is 2. The molecule has 0 aliphatic carbocycles. The van der Waals surface area contributed by atoms with Crippen molar-refractivity contribution in [2.45, 2.75) is 46.2 Å². The van der Waals surface area contributed by atoms with Crippen LogP contribution in [0.1, 0.15) is 34.6 Å². The van der Waals surface area contributed by atoms with E-state index >= 15 is 0 Å². The van der Waals surface area contributed by atoms with Crippen LogP contribution in [0, 0.1) is 0 Å². The third-order valence-electron chi connectivity index (χ3n) is 1.39. The summed E-state index contributed by atoms with van der Waals surface area (Å²) in [6, 6.07) is 0.278. The summed E-state index contributed by atoms with van der Waals surface area (Å²) in [7, 11) is 1.94. The van der Waals surface area contributed by atoms with Crippen molar-refractivity contribution in [1.82, 2.24) is 5.01 Å². The first-order valence-corrected chi connectivity index (χ1v) is 3.98. The molecule has 3 nitrogen and oxygen atoms in total. The topological polar surface area (TPSA) is 28.0 Å². The smallest absolute Gasteiger partial charge is 0.0673 e. The molecule has 0 N–H and O–H groups in total. The SMILES string of the molecule is CC(C)/N=N\N(C)C(C)(C)C. The predicted molar refractivity (Wildman–Crippen MR) is 47.5 cm³/mol. The molecule has 0 amide bonds. The van der Waals surface area contributed by atoms with Gasteiger partial charge in [0.1, 0.15) is 0 Å². The highest BCUT2D eigenvalue weighted by atomic mass is 15.6. The molecule has 0 bridgehead atoms. The summed E-state index contributed by atoms with van der Waals surface area (Å²) in [5, 5.41) is 9.96. The van der Waals surface area contributed by atoms with Crippen LogP contribution in [0.2, 0.25) is 0 Å². The normalized spacial score (nSPS) is 13.0. The molecule has 0 saturated heterocycles.